The lowest BCUT2D eigenvalue weighted by atomic mass is 10.1. The van der Waals surface area contributed by atoms with Crippen LogP contribution in [0.5, 0.6) is 0 Å². The van der Waals surface area contributed by atoms with E-state index >= 15 is 0 Å². The van der Waals surface area contributed by atoms with Crippen molar-refractivity contribution in [3.63, 3.8) is 0 Å². The Bertz CT molecular complexity index is 311. The Hall–Kier alpha value is -1.31. The monoisotopic (exact) mass is 235 g/mol. The standard InChI is InChI=1S/C15H25NO/c1-6-15(7-2)17-14(5)11-9-10-13(4)12-16-8-3/h6,8,12H,5,7,9-11H2,1-4H3/b13-12+,15-6-,16-8?. The maximum Gasteiger partial charge on any atom is 0.0990 e. The van der Waals surface area contributed by atoms with E-state index < -0.39 is 0 Å². The van der Waals surface area contributed by atoms with Gasteiger partial charge in [0.1, 0.15) is 0 Å². The Labute approximate surface area is 106 Å². The molecule has 17 heavy (non-hydrogen) atoms. The third-order valence-corrected chi connectivity index (χ3v) is 2.42. The molecule has 0 aliphatic rings. The molecule has 0 saturated heterocycles. The Morgan fingerprint density at radius 1 is 1.29 bits per heavy atom. The maximum absolute atomic E-state index is 5.63. The van der Waals surface area contributed by atoms with E-state index in [-0.39, 0.29) is 0 Å². The third-order valence-electron chi connectivity index (χ3n) is 2.42. The van der Waals surface area contributed by atoms with E-state index in [1.54, 1.807) is 6.21 Å². The van der Waals surface area contributed by atoms with Gasteiger partial charge in [-0.3, -0.25) is 4.99 Å². The number of hydrogen-bond donors (Lipinski definition) is 0. The summed E-state index contributed by atoms with van der Waals surface area (Å²) in [6.45, 7) is 12.0. The molecule has 0 aromatic carbocycles. The first kappa shape index (κ1) is 15.7. The van der Waals surface area contributed by atoms with Crippen LogP contribution >= 0.6 is 0 Å². The second kappa shape index (κ2) is 9.88. The third kappa shape index (κ3) is 8.49. The quantitative estimate of drug-likeness (QED) is 0.429. The Kier molecular flexibility index (Phi) is 9.12. The summed E-state index contributed by atoms with van der Waals surface area (Å²) in [7, 11) is 0. The lowest BCUT2D eigenvalue weighted by molar-refractivity contribution is 0.279. The van der Waals surface area contributed by atoms with Gasteiger partial charge in [-0.25, -0.2) is 0 Å². The van der Waals surface area contributed by atoms with Crippen molar-refractivity contribution in [1.82, 2.24) is 0 Å². The Morgan fingerprint density at radius 3 is 2.53 bits per heavy atom. The predicted octanol–water partition coefficient (Wildman–Crippen LogP) is 5.00. The van der Waals surface area contributed by atoms with Gasteiger partial charge in [0.2, 0.25) is 0 Å². The molecule has 0 N–H and O–H groups in total. The van der Waals surface area contributed by atoms with Crippen molar-refractivity contribution in [2.45, 2.75) is 53.4 Å². The summed E-state index contributed by atoms with van der Waals surface area (Å²) in [5.41, 5.74) is 1.29. The smallest absolute Gasteiger partial charge is 0.0990 e. The average molecular weight is 235 g/mol. The molecular formula is C15H25NO. The Morgan fingerprint density at radius 2 is 2.00 bits per heavy atom. The van der Waals surface area contributed by atoms with Crippen LogP contribution in [0.3, 0.4) is 0 Å². The van der Waals surface area contributed by atoms with E-state index in [1.165, 1.54) is 5.57 Å². The van der Waals surface area contributed by atoms with Gasteiger partial charge < -0.3 is 4.74 Å². The van der Waals surface area contributed by atoms with Crippen molar-refractivity contribution in [2.75, 3.05) is 0 Å². The van der Waals surface area contributed by atoms with Crippen LogP contribution in [-0.4, -0.2) is 6.21 Å². The number of rotatable bonds is 8. The zero-order valence-electron chi connectivity index (χ0n) is 11.6. The van der Waals surface area contributed by atoms with Crippen molar-refractivity contribution >= 4 is 6.21 Å². The number of aliphatic imine (C=N–C) groups is 1. The van der Waals surface area contributed by atoms with Crippen LogP contribution in [0.1, 0.15) is 53.4 Å². The average Bonchev–Trinajstić information content (AvgIpc) is 2.33. The first-order chi connectivity index (χ1) is 8.13. The summed E-state index contributed by atoms with van der Waals surface area (Å²) >= 11 is 0. The van der Waals surface area contributed by atoms with Gasteiger partial charge in [0.25, 0.3) is 0 Å². The Balaban J connectivity index is 3.86. The van der Waals surface area contributed by atoms with Crippen LogP contribution in [0.2, 0.25) is 0 Å². The second-order valence-electron chi connectivity index (χ2n) is 3.99. The van der Waals surface area contributed by atoms with Crippen molar-refractivity contribution < 1.29 is 4.74 Å². The minimum Gasteiger partial charge on any atom is -0.467 e. The van der Waals surface area contributed by atoms with E-state index in [2.05, 4.69) is 25.4 Å². The van der Waals surface area contributed by atoms with Gasteiger partial charge in [0.05, 0.1) is 11.5 Å². The summed E-state index contributed by atoms with van der Waals surface area (Å²) < 4.78 is 5.63. The van der Waals surface area contributed by atoms with Crippen LogP contribution in [0.4, 0.5) is 0 Å². The number of allylic oxidation sites excluding steroid dienone is 4. The molecule has 0 aliphatic carbocycles. The van der Waals surface area contributed by atoms with Crippen LogP contribution < -0.4 is 0 Å². The molecule has 0 aliphatic heterocycles. The van der Waals surface area contributed by atoms with Crippen molar-refractivity contribution in [1.29, 1.82) is 0 Å². The van der Waals surface area contributed by atoms with Gasteiger partial charge in [0.15, 0.2) is 0 Å². The lowest BCUT2D eigenvalue weighted by Gasteiger charge is -2.10. The highest BCUT2D eigenvalue weighted by molar-refractivity contribution is 5.54. The van der Waals surface area contributed by atoms with Gasteiger partial charge in [-0.05, 0) is 39.7 Å². The molecule has 0 fully saturated rings. The highest BCUT2D eigenvalue weighted by atomic mass is 16.5. The molecular weight excluding hydrogens is 210 g/mol. The molecule has 0 radical (unpaired) electrons. The summed E-state index contributed by atoms with van der Waals surface area (Å²) in [5, 5.41) is 0. The first-order valence-electron chi connectivity index (χ1n) is 6.28. The summed E-state index contributed by atoms with van der Waals surface area (Å²) in [6.07, 6.45) is 9.61. The lowest BCUT2D eigenvalue weighted by Crippen LogP contribution is -1.92. The van der Waals surface area contributed by atoms with Gasteiger partial charge in [-0.15, -0.1) is 0 Å². The van der Waals surface area contributed by atoms with E-state index in [0.717, 1.165) is 37.2 Å². The van der Waals surface area contributed by atoms with E-state index in [1.807, 2.05) is 26.1 Å². The van der Waals surface area contributed by atoms with Gasteiger partial charge in [-0.2, -0.15) is 0 Å². The highest BCUT2D eigenvalue weighted by Crippen LogP contribution is 2.16. The molecule has 0 bridgehead atoms. The maximum atomic E-state index is 5.63. The van der Waals surface area contributed by atoms with Crippen molar-refractivity contribution in [3.8, 4) is 0 Å². The van der Waals surface area contributed by atoms with E-state index in [9.17, 15) is 0 Å². The summed E-state index contributed by atoms with van der Waals surface area (Å²) in [6, 6.07) is 0. The molecule has 0 unspecified atom stereocenters. The largest absolute Gasteiger partial charge is 0.467 e. The number of ether oxygens (including phenoxy) is 1. The molecule has 2 nitrogen and oxygen atoms in total. The first-order valence-corrected chi connectivity index (χ1v) is 6.28. The van der Waals surface area contributed by atoms with Crippen molar-refractivity contribution in [2.24, 2.45) is 4.99 Å². The summed E-state index contributed by atoms with van der Waals surface area (Å²) in [5.74, 6) is 1.85. The minimum atomic E-state index is 0.853. The molecule has 0 aromatic heterocycles. The zero-order valence-corrected chi connectivity index (χ0v) is 11.6. The topological polar surface area (TPSA) is 21.6 Å². The van der Waals surface area contributed by atoms with Gasteiger partial charge >= 0.3 is 0 Å². The normalized spacial score (nSPS) is 13.2. The van der Waals surface area contributed by atoms with E-state index in [0.29, 0.717) is 0 Å². The van der Waals surface area contributed by atoms with Crippen LogP contribution in [0.25, 0.3) is 0 Å². The van der Waals surface area contributed by atoms with Crippen LogP contribution in [0.15, 0.2) is 40.9 Å². The molecule has 0 saturated carbocycles. The number of nitrogens with zero attached hydrogens (tertiary/aromatic N) is 1. The predicted molar refractivity (Wildman–Crippen MR) is 76.0 cm³/mol. The molecule has 96 valence electrons. The molecule has 0 amide bonds. The molecule has 0 atom stereocenters. The molecule has 0 rings (SSSR count). The molecule has 0 aromatic rings. The minimum absolute atomic E-state index is 0.853. The van der Waals surface area contributed by atoms with Crippen LogP contribution in [-0.2, 0) is 4.74 Å². The summed E-state index contributed by atoms with van der Waals surface area (Å²) in [4.78, 5) is 4.09. The van der Waals surface area contributed by atoms with Gasteiger partial charge in [-0.1, -0.05) is 19.1 Å². The molecule has 2 heteroatoms. The SMILES string of the molecule is C=C(CCC/C(C)=C/N=CC)O/C(=C\C)CC. The highest BCUT2D eigenvalue weighted by Gasteiger charge is 1.99. The van der Waals surface area contributed by atoms with Crippen molar-refractivity contribution in [3.05, 3.63) is 35.9 Å². The number of hydrogen-bond acceptors (Lipinski definition) is 2. The van der Waals surface area contributed by atoms with Crippen LogP contribution in [0, 0.1) is 0 Å². The van der Waals surface area contributed by atoms with E-state index in [4.69, 9.17) is 4.74 Å². The fraction of sp³-hybridized carbons (Fsp3) is 0.533. The fourth-order valence-corrected chi connectivity index (χ4v) is 1.40. The second-order valence-corrected chi connectivity index (χ2v) is 3.99. The fourth-order valence-electron chi connectivity index (χ4n) is 1.40. The zero-order chi connectivity index (χ0) is 13.1. The molecule has 0 heterocycles. The molecule has 0 spiro atoms. The van der Waals surface area contributed by atoms with Gasteiger partial charge in [0, 0.05) is 25.3 Å².